The first-order chi connectivity index (χ1) is 13.9. The fraction of sp³-hybridized carbons (Fsp3) is 0.348. The minimum atomic E-state index is -0.531. The highest BCUT2D eigenvalue weighted by atomic mass is 16.5. The number of methoxy groups -OCH3 is 1. The van der Waals surface area contributed by atoms with Crippen molar-refractivity contribution in [3.05, 3.63) is 72.1 Å². The number of carbonyl (C=O) groups excluding carboxylic acids is 1. The van der Waals surface area contributed by atoms with Crippen molar-refractivity contribution in [3.63, 3.8) is 0 Å². The molecule has 2 atom stereocenters. The fourth-order valence-electron chi connectivity index (χ4n) is 3.85. The Morgan fingerprint density at radius 3 is 2.28 bits per heavy atom. The summed E-state index contributed by atoms with van der Waals surface area (Å²) < 4.78 is 7.17. The third-order valence-electron chi connectivity index (χ3n) is 5.37. The maximum Gasteiger partial charge on any atom is 0.235 e. The quantitative estimate of drug-likeness (QED) is 0.665. The van der Waals surface area contributed by atoms with Crippen molar-refractivity contribution in [2.75, 3.05) is 12.0 Å². The number of nitrogens with zero attached hydrogens (tertiary/aromatic N) is 4. The summed E-state index contributed by atoms with van der Waals surface area (Å²) in [5, 5.41) is 4.48. The van der Waals surface area contributed by atoms with Crippen LogP contribution in [0.25, 0.3) is 0 Å². The molecule has 2 heterocycles. The van der Waals surface area contributed by atoms with Crippen molar-refractivity contribution in [1.29, 1.82) is 0 Å². The Balaban J connectivity index is 1.83. The third-order valence-corrected chi connectivity index (χ3v) is 5.37. The summed E-state index contributed by atoms with van der Waals surface area (Å²) in [7, 11) is 1.66. The van der Waals surface area contributed by atoms with Gasteiger partial charge < -0.3 is 4.74 Å². The predicted molar refractivity (Wildman–Crippen MR) is 112 cm³/mol. The number of rotatable bonds is 3. The number of ether oxygens (including phenoxy) is 1. The Hall–Kier alpha value is -3.15. The van der Waals surface area contributed by atoms with Crippen molar-refractivity contribution in [2.45, 2.75) is 39.3 Å². The average molecular weight is 390 g/mol. The third kappa shape index (κ3) is 3.50. The molecule has 0 saturated carbocycles. The number of carbonyl (C=O) groups is 1. The smallest absolute Gasteiger partial charge is 0.235 e. The van der Waals surface area contributed by atoms with Crippen LogP contribution in [0.1, 0.15) is 50.4 Å². The van der Waals surface area contributed by atoms with Crippen LogP contribution >= 0.6 is 0 Å². The normalized spacial score (nSPS) is 19.0. The van der Waals surface area contributed by atoms with Crippen LogP contribution in [0.4, 0.5) is 5.95 Å². The van der Waals surface area contributed by atoms with Gasteiger partial charge in [0.25, 0.3) is 0 Å². The number of aromatic nitrogens is 3. The van der Waals surface area contributed by atoms with E-state index in [-0.39, 0.29) is 18.0 Å². The number of fused-ring (bicyclic) bond motifs is 1. The maximum atomic E-state index is 13.4. The van der Waals surface area contributed by atoms with Gasteiger partial charge in [-0.3, -0.25) is 9.69 Å². The van der Waals surface area contributed by atoms with Gasteiger partial charge in [0, 0.05) is 5.41 Å². The van der Waals surface area contributed by atoms with Crippen molar-refractivity contribution < 1.29 is 9.53 Å². The summed E-state index contributed by atoms with van der Waals surface area (Å²) in [4.78, 5) is 19.7. The van der Waals surface area contributed by atoms with E-state index in [0.29, 0.717) is 12.4 Å². The first-order valence-electron chi connectivity index (χ1n) is 9.82. The summed E-state index contributed by atoms with van der Waals surface area (Å²) in [6.45, 7) is 5.81. The topological polar surface area (TPSA) is 60.2 Å². The Morgan fingerprint density at radius 2 is 1.66 bits per heavy atom. The molecular weight excluding hydrogens is 364 g/mol. The first kappa shape index (κ1) is 19.2. The molecule has 0 unspecified atom stereocenters. The highest BCUT2D eigenvalue weighted by Crippen LogP contribution is 2.43. The molecule has 3 aromatic rings. The Morgan fingerprint density at radius 1 is 1.00 bits per heavy atom. The lowest BCUT2D eigenvalue weighted by molar-refractivity contribution is -0.126. The Labute approximate surface area is 171 Å². The molecule has 0 bridgehead atoms. The van der Waals surface area contributed by atoms with Crippen LogP contribution < -0.4 is 9.64 Å². The molecule has 1 aromatic heterocycles. The van der Waals surface area contributed by atoms with Gasteiger partial charge in [-0.05, 0) is 29.7 Å². The number of amides is 1. The highest BCUT2D eigenvalue weighted by Gasteiger charge is 2.42. The minimum Gasteiger partial charge on any atom is -0.497 e. The standard InChI is InChI=1S/C23H26N4O2/c1-23(2,3)21(28)26-19(16-8-6-5-7-9-16)14-20(27-22(26)24-15-25-27)17-10-12-18(29-4)13-11-17/h5-13,15,19-20H,14H2,1-4H3/t19-,20-/m0/s1. The molecule has 0 radical (unpaired) electrons. The summed E-state index contributed by atoms with van der Waals surface area (Å²) in [6, 6.07) is 18.0. The van der Waals surface area contributed by atoms with Crippen molar-refractivity contribution in [1.82, 2.24) is 14.8 Å². The summed E-state index contributed by atoms with van der Waals surface area (Å²) >= 11 is 0. The van der Waals surface area contributed by atoms with E-state index in [2.05, 4.69) is 34.3 Å². The monoisotopic (exact) mass is 390 g/mol. The van der Waals surface area contributed by atoms with Crippen LogP contribution in [0.3, 0.4) is 0 Å². The fourth-order valence-corrected chi connectivity index (χ4v) is 3.85. The summed E-state index contributed by atoms with van der Waals surface area (Å²) in [5.41, 5.74) is 1.68. The molecule has 0 fully saturated rings. The number of anilines is 1. The van der Waals surface area contributed by atoms with Crippen LogP contribution in [-0.4, -0.2) is 27.8 Å². The lowest BCUT2D eigenvalue weighted by Crippen LogP contribution is -2.47. The second kappa shape index (κ2) is 7.35. The van der Waals surface area contributed by atoms with E-state index in [0.717, 1.165) is 16.9 Å². The van der Waals surface area contributed by atoms with E-state index in [1.54, 1.807) is 7.11 Å². The van der Waals surface area contributed by atoms with E-state index in [4.69, 9.17) is 4.74 Å². The van der Waals surface area contributed by atoms with Gasteiger partial charge in [-0.2, -0.15) is 10.1 Å². The van der Waals surface area contributed by atoms with Gasteiger partial charge in [-0.1, -0.05) is 63.2 Å². The molecular formula is C23H26N4O2. The van der Waals surface area contributed by atoms with Gasteiger partial charge >= 0.3 is 0 Å². The van der Waals surface area contributed by atoms with Crippen LogP contribution in [0.15, 0.2) is 60.9 Å². The Bertz CT molecular complexity index is 990. The van der Waals surface area contributed by atoms with E-state index in [1.807, 2.05) is 60.7 Å². The zero-order valence-corrected chi connectivity index (χ0v) is 17.2. The molecule has 29 heavy (non-hydrogen) atoms. The number of hydrogen-bond donors (Lipinski definition) is 0. The van der Waals surface area contributed by atoms with Gasteiger partial charge in [0.2, 0.25) is 11.9 Å². The van der Waals surface area contributed by atoms with E-state index < -0.39 is 5.41 Å². The lowest BCUT2D eigenvalue weighted by atomic mass is 9.88. The second-order valence-corrected chi connectivity index (χ2v) is 8.38. The van der Waals surface area contributed by atoms with Gasteiger partial charge in [0.05, 0.1) is 19.2 Å². The lowest BCUT2D eigenvalue weighted by Gasteiger charge is -2.41. The predicted octanol–water partition coefficient (Wildman–Crippen LogP) is 4.40. The largest absolute Gasteiger partial charge is 0.497 e. The van der Waals surface area contributed by atoms with Crippen LogP contribution in [0.2, 0.25) is 0 Å². The van der Waals surface area contributed by atoms with Crippen LogP contribution in [0.5, 0.6) is 5.75 Å². The van der Waals surface area contributed by atoms with Gasteiger partial charge in [-0.15, -0.1) is 0 Å². The van der Waals surface area contributed by atoms with E-state index >= 15 is 0 Å². The molecule has 2 aromatic carbocycles. The first-order valence-corrected chi connectivity index (χ1v) is 9.82. The molecule has 0 saturated heterocycles. The molecule has 0 aliphatic carbocycles. The summed E-state index contributed by atoms with van der Waals surface area (Å²) in [6.07, 6.45) is 2.25. The molecule has 4 rings (SSSR count). The van der Waals surface area contributed by atoms with E-state index in [1.165, 1.54) is 6.33 Å². The van der Waals surface area contributed by atoms with Crippen molar-refractivity contribution in [2.24, 2.45) is 5.41 Å². The number of hydrogen-bond acceptors (Lipinski definition) is 4. The molecule has 1 aliphatic rings. The molecule has 150 valence electrons. The molecule has 6 nitrogen and oxygen atoms in total. The van der Waals surface area contributed by atoms with Gasteiger partial charge in [0.1, 0.15) is 12.1 Å². The molecule has 0 N–H and O–H groups in total. The average Bonchev–Trinajstić information content (AvgIpc) is 3.22. The van der Waals surface area contributed by atoms with Crippen LogP contribution in [0, 0.1) is 5.41 Å². The van der Waals surface area contributed by atoms with E-state index in [9.17, 15) is 4.79 Å². The SMILES string of the molecule is COc1ccc([C@@H]2C[C@@H](c3ccccc3)N(C(=O)C(C)(C)C)c3ncnn32)cc1. The van der Waals surface area contributed by atoms with Crippen molar-refractivity contribution in [3.8, 4) is 5.75 Å². The van der Waals surface area contributed by atoms with Gasteiger partial charge in [0.15, 0.2) is 0 Å². The molecule has 0 spiro atoms. The number of benzene rings is 2. The van der Waals surface area contributed by atoms with Crippen LogP contribution in [-0.2, 0) is 4.79 Å². The maximum absolute atomic E-state index is 13.4. The molecule has 1 amide bonds. The molecule has 6 heteroatoms. The second-order valence-electron chi connectivity index (χ2n) is 8.38. The zero-order valence-electron chi connectivity index (χ0n) is 17.2. The summed E-state index contributed by atoms with van der Waals surface area (Å²) in [5.74, 6) is 1.44. The van der Waals surface area contributed by atoms with Gasteiger partial charge in [-0.25, -0.2) is 4.68 Å². The Kier molecular flexibility index (Phi) is 4.86. The molecule has 1 aliphatic heterocycles. The highest BCUT2D eigenvalue weighted by molar-refractivity contribution is 5.96. The zero-order chi connectivity index (χ0) is 20.6. The minimum absolute atomic E-state index is 0.0207. The van der Waals surface area contributed by atoms with Crippen molar-refractivity contribution >= 4 is 11.9 Å².